The number of rotatable bonds is 4. The van der Waals surface area contributed by atoms with Gasteiger partial charge in [-0.2, -0.15) is 5.10 Å². The van der Waals surface area contributed by atoms with E-state index < -0.39 is 6.43 Å². The quantitative estimate of drug-likeness (QED) is 0.486. The number of anilines is 1. The zero-order chi connectivity index (χ0) is 21.5. The van der Waals surface area contributed by atoms with Gasteiger partial charge in [0.15, 0.2) is 5.65 Å². The van der Waals surface area contributed by atoms with Crippen LogP contribution in [0, 0.1) is 0 Å². The first-order valence-corrected chi connectivity index (χ1v) is 9.78. The summed E-state index contributed by atoms with van der Waals surface area (Å²) in [4.78, 5) is 19.5. The van der Waals surface area contributed by atoms with Crippen LogP contribution in [-0.4, -0.2) is 34.2 Å². The van der Waals surface area contributed by atoms with Crippen LogP contribution >= 0.6 is 0 Å². The van der Waals surface area contributed by atoms with Crippen molar-refractivity contribution in [1.82, 2.24) is 14.6 Å². The normalized spacial score (nSPS) is 13.1. The van der Waals surface area contributed by atoms with Crippen molar-refractivity contribution in [1.29, 1.82) is 0 Å². The van der Waals surface area contributed by atoms with Gasteiger partial charge in [-0.05, 0) is 48.4 Å². The molecule has 1 aliphatic heterocycles. The monoisotopic (exact) mass is 420 g/mol. The van der Waals surface area contributed by atoms with Gasteiger partial charge in [-0.1, -0.05) is 18.2 Å². The minimum absolute atomic E-state index is 0.109. The molecule has 0 atom stereocenters. The number of aromatic nitrogens is 3. The number of carbonyl (C=O) groups is 1. The maximum atomic E-state index is 13.8. The maximum Gasteiger partial charge on any atom is 0.280 e. The summed E-state index contributed by atoms with van der Waals surface area (Å²) >= 11 is 0. The van der Waals surface area contributed by atoms with Crippen LogP contribution in [0.3, 0.4) is 0 Å². The molecule has 6 nitrogen and oxygen atoms in total. The fraction of sp³-hybridized carbons (Fsp3) is 0.174. The third kappa shape index (κ3) is 3.20. The van der Waals surface area contributed by atoms with Gasteiger partial charge in [0.2, 0.25) is 0 Å². The van der Waals surface area contributed by atoms with Gasteiger partial charge in [-0.3, -0.25) is 4.79 Å². The highest BCUT2D eigenvalue weighted by atomic mass is 19.3. The first-order chi connectivity index (χ1) is 15.1. The minimum Gasteiger partial charge on any atom is -0.497 e. The molecule has 5 rings (SSSR count). The van der Waals surface area contributed by atoms with Crippen molar-refractivity contribution in [3.05, 3.63) is 77.6 Å². The molecule has 0 fully saturated rings. The Balaban J connectivity index is 1.63. The van der Waals surface area contributed by atoms with Crippen molar-refractivity contribution < 1.29 is 18.3 Å². The molecule has 0 unspecified atom stereocenters. The predicted molar refractivity (Wildman–Crippen MR) is 112 cm³/mol. The van der Waals surface area contributed by atoms with E-state index in [9.17, 15) is 13.6 Å². The number of alkyl halides is 2. The zero-order valence-corrected chi connectivity index (χ0v) is 16.6. The largest absolute Gasteiger partial charge is 0.497 e. The number of benzene rings is 2. The lowest BCUT2D eigenvalue weighted by Crippen LogP contribution is -2.28. The van der Waals surface area contributed by atoms with Crippen molar-refractivity contribution in [3.8, 4) is 17.0 Å². The molecule has 4 aromatic rings. The Morgan fingerprint density at radius 2 is 1.90 bits per heavy atom. The van der Waals surface area contributed by atoms with Crippen molar-refractivity contribution >= 4 is 17.2 Å². The van der Waals surface area contributed by atoms with E-state index in [2.05, 4.69) is 10.1 Å². The lowest BCUT2D eigenvalue weighted by Gasteiger charge is -2.16. The second kappa shape index (κ2) is 7.46. The minimum atomic E-state index is -2.78. The van der Waals surface area contributed by atoms with E-state index in [1.807, 2.05) is 24.3 Å². The van der Waals surface area contributed by atoms with E-state index in [0.29, 0.717) is 23.6 Å². The van der Waals surface area contributed by atoms with E-state index in [-0.39, 0.29) is 22.8 Å². The number of methoxy groups -OCH3 is 1. The number of fused-ring (bicyclic) bond motifs is 2. The second-order valence-electron chi connectivity index (χ2n) is 7.22. The fourth-order valence-electron chi connectivity index (χ4n) is 3.90. The summed E-state index contributed by atoms with van der Waals surface area (Å²) in [7, 11) is 1.55. The first-order valence-electron chi connectivity index (χ1n) is 9.78. The molecule has 8 heteroatoms. The van der Waals surface area contributed by atoms with E-state index in [0.717, 1.165) is 22.2 Å². The average molecular weight is 420 g/mol. The Bertz CT molecular complexity index is 1280. The number of amides is 1. The molecule has 0 spiro atoms. The summed E-state index contributed by atoms with van der Waals surface area (Å²) in [6.45, 7) is 0.523. The van der Waals surface area contributed by atoms with Gasteiger partial charge in [0, 0.05) is 17.8 Å². The van der Waals surface area contributed by atoms with Crippen LogP contribution in [0.4, 0.5) is 14.5 Å². The topological polar surface area (TPSA) is 59.7 Å². The van der Waals surface area contributed by atoms with Crippen LogP contribution in [-0.2, 0) is 6.42 Å². The van der Waals surface area contributed by atoms with Gasteiger partial charge >= 0.3 is 0 Å². The Kier molecular flexibility index (Phi) is 4.62. The highest BCUT2D eigenvalue weighted by Gasteiger charge is 2.29. The molecular weight excluding hydrogens is 402 g/mol. The Morgan fingerprint density at radius 1 is 1.13 bits per heavy atom. The Labute approximate surface area is 176 Å². The molecule has 2 aromatic carbocycles. The van der Waals surface area contributed by atoms with Crippen molar-refractivity contribution in [2.75, 3.05) is 18.6 Å². The fourth-order valence-corrected chi connectivity index (χ4v) is 3.90. The number of hydrogen-bond donors (Lipinski definition) is 0. The standard InChI is InChI=1S/C23H18F2N4O2/c1-31-16-8-6-14(7-9-16)18-12-20(21(24)25)29-22(27-18)17(13-26-29)23(30)28-11-10-15-4-2-3-5-19(15)28/h2-9,12-13,21H,10-11H2,1H3. The first kappa shape index (κ1) is 19.2. The molecule has 0 saturated carbocycles. The van der Waals surface area contributed by atoms with Gasteiger partial charge in [0.05, 0.1) is 19.0 Å². The molecule has 0 N–H and O–H groups in total. The van der Waals surface area contributed by atoms with Crippen LogP contribution in [0.15, 0.2) is 60.8 Å². The average Bonchev–Trinajstić information content (AvgIpc) is 3.42. The number of halogens is 2. The lowest BCUT2D eigenvalue weighted by atomic mass is 10.1. The van der Waals surface area contributed by atoms with Crippen LogP contribution in [0.5, 0.6) is 5.75 Å². The molecule has 2 aromatic heterocycles. The van der Waals surface area contributed by atoms with E-state index in [1.165, 1.54) is 12.3 Å². The lowest BCUT2D eigenvalue weighted by molar-refractivity contribution is 0.0990. The van der Waals surface area contributed by atoms with Crippen molar-refractivity contribution in [3.63, 3.8) is 0 Å². The number of ether oxygens (including phenoxy) is 1. The summed E-state index contributed by atoms with van der Waals surface area (Å²) in [6.07, 6.45) is -0.721. The summed E-state index contributed by atoms with van der Waals surface area (Å²) in [6, 6.07) is 15.9. The van der Waals surface area contributed by atoms with E-state index in [4.69, 9.17) is 4.74 Å². The molecule has 3 heterocycles. The molecular formula is C23H18F2N4O2. The van der Waals surface area contributed by atoms with Gasteiger partial charge in [0.25, 0.3) is 12.3 Å². The molecule has 31 heavy (non-hydrogen) atoms. The van der Waals surface area contributed by atoms with Crippen LogP contribution in [0.1, 0.15) is 28.0 Å². The SMILES string of the molecule is COc1ccc(-c2cc(C(F)F)n3ncc(C(=O)N4CCc5ccccc54)c3n2)cc1. The number of hydrogen-bond acceptors (Lipinski definition) is 4. The summed E-state index contributed by atoms with van der Waals surface area (Å²) in [5, 5.41) is 4.06. The summed E-state index contributed by atoms with van der Waals surface area (Å²) < 4.78 is 33.8. The van der Waals surface area contributed by atoms with Gasteiger partial charge < -0.3 is 9.64 Å². The molecule has 0 saturated heterocycles. The van der Waals surface area contributed by atoms with Crippen molar-refractivity contribution in [2.45, 2.75) is 12.8 Å². The van der Waals surface area contributed by atoms with Gasteiger partial charge in [-0.25, -0.2) is 18.3 Å². The maximum absolute atomic E-state index is 13.8. The van der Waals surface area contributed by atoms with E-state index in [1.54, 1.807) is 36.3 Å². The molecule has 156 valence electrons. The molecule has 1 amide bonds. The Hall–Kier alpha value is -3.81. The third-order valence-corrected chi connectivity index (χ3v) is 5.47. The van der Waals surface area contributed by atoms with Crippen LogP contribution < -0.4 is 9.64 Å². The molecule has 0 radical (unpaired) electrons. The zero-order valence-electron chi connectivity index (χ0n) is 16.6. The molecule has 0 aliphatic carbocycles. The second-order valence-corrected chi connectivity index (χ2v) is 7.22. The molecule has 1 aliphatic rings. The smallest absolute Gasteiger partial charge is 0.280 e. The molecule has 0 bridgehead atoms. The highest BCUT2D eigenvalue weighted by Crippen LogP contribution is 2.31. The van der Waals surface area contributed by atoms with Crippen LogP contribution in [0.25, 0.3) is 16.9 Å². The third-order valence-electron chi connectivity index (χ3n) is 5.47. The Morgan fingerprint density at radius 3 is 2.65 bits per heavy atom. The van der Waals surface area contributed by atoms with Crippen molar-refractivity contribution in [2.24, 2.45) is 0 Å². The summed E-state index contributed by atoms with van der Waals surface area (Å²) in [5.74, 6) is 0.339. The number of carbonyl (C=O) groups excluding carboxylic acids is 1. The highest BCUT2D eigenvalue weighted by molar-refractivity contribution is 6.10. The number of nitrogens with zero attached hydrogens (tertiary/aromatic N) is 4. The van der Waals surface area contributed by atoms with Gasteiger partial charge in [0.1, 0.15) is 17.0 Å². The van der Waals surface area contributed by atoms with E-state index >= 15 is 0 Å². The van der Waals surface area contributed by atoms with Crippen LogP contribution in [0.2, 0.25) is 0 Å². The number of para-hydroxylation sites is 1. The predicted octanol–water partition coefficient (Wildman–Crippen LogP) is 4.55. The summed E-state index contributed by atoms with van der Waals surface area (Å²) in [5.41, 5.74) is 2.85. The van der Waals surface area contributed by atoms with Gasteiger partial charge in [-0.15, -0.1) is 0 Å².